The van der Waals surface area contributed by atoms with Gasteiger partial charge >= 0.3 is 0 Å². The Hall–Kier alpha value is -1.01. The maximum absolute atomic E-state index is 10.9. The highest BCUT2D eigenvalue weighted by atomic mass is 32.2. The molecule has 0 aromatic carbocycles. The Morgan fingerprint density at radius 1 is 1.43 bits per heavy atom. The van der Waals surface area contributed by atoms with Crippen molar-refractivity contribution in [3.63, 3.8) is 0 Å². The molecule has 78 valence electrons. The Labute approximate surface area is 83.4 Å². The van der Waals surface area contributed by atoms with E-state index in [1.54, 1.807) is 19.3 Å². The number of nitrogens with zero attached hydrogens (tertiary/aromatic N) is 2. The van der Waals surface area contributed by atoms with Crippen LogP contribution in [0.2, 0.25) is 0 Å². The Balaban J connectivity index is 2.75. The fraction of sp³-hybridized carbons (Fsp3) is 0.500. The van der Waals surface area contributed by atoms with Crippen molar-refractivity contribution < 1.29 is 8.42 Å². The minimum atomic E-state index is -3.49. The van der Waals surface area contributed by atoms with E-state index in [1.165, 1.54) is 0 Å². The molecule has 0 unspecified atom stereocenters. The molecular formula is C8H13N3O2S. The van der Waals surface area contributed by atoms with Crippen LogP contribution in [0.1, 0.15) is 18.3 Å². The molecule has 1 aromatic rings. The first-order valence-electron chi connectivity index (χ1n) is 4.18. The van der Waals surface area contributed by atoms with Gasteiger partial charge in [-0.3, -0.25) is 0 Å². The molecule has 5 nitrogen and oxygen atoms in total. The van der Waals surface area contributed by atoms with Crippen LogP contribution in [0.4, 0.5) is 0 Å². The van der Waals surface area contributed by atoms with Gasteiger partial charge in [0, 0.05) is 18.8 Å². The number of hydrogen-bond donors (Lipinski definition) is 1. The summed E-state index contributed by atoms with van der Waals surface area (Å²) in [5.74, 6) is 0.497. The monoisotopic (exact) mass is 215 g/mol. The predicted octanol–water partition coefficient (Wildman–Crippen LogP) is 0.00452. The number of sulfonamides is 1. The number of aromatic nitrogens is 2. The zero-order valence-electron chi connectivity index (χ0n) is 8.14. The van der Waals surface area contributed by atoms with Gasteiger partial charge in [0.05, 0.1) is 5.25 Å². The van der Waals surface area contributed by atoms with Gasteiger partial charge in [-0.25, -0.2) is 23.5 Å². The molecule has 0 amide bonds. The van der Waals surface area contributed by atoms with Crippen LogP contribution in [-0.4, -0.2) is 23.6 Å². The number of rotatable bonds is 3. The first-order chi connectivity index (χ1) is 6.39. The third-order valence-corrected chi connectivity index (χ3v) is 3.15. The number of hydrogen-bond acceptors (Lipinski definition) is 4. The second kappa shape index (κ2) is 4.02. The molecule has 2 N–H and O–H groups in total. The van der Waals surface area contributed by atoms with Crippen LogP contribution < -0.4 is 5.14 Å². The summed E-state index contributed by atoms with van der Waals surface area (Å²) >= 11 is 0. The van der Waals surface area contributed by atoms with Crippen molar-refractivity contribution in [2.75, 3.05) is 0 Å². The third kappa shape index (κ3) is 3.04. The van der Waals surface area contributed by atoms with E-state index in [9.17, 15) is 8.42 Å². The van der Waals surface area contributed by atoms with Gasteiger partial charge in [0.2, 0.25) is 10.0 Å². The van der Waals surface area contributed by atoms with Gasteiger partial charge < -0.3 is 0 Å². The molecule has 0 spiro atoms. The fourth-order valence-corrected chi connectivity index (χ4v) is 1.28. The Morgan fingerprint density at radius 2 is 1.93 bits per heavy atom. The zero-order valence-corrected chi connectivity index (χ0v) is 8.95. The van der Waals surface area contributed by atoms with E-state index in [0.717, 1.165) is 5.56 Å². The maximum Gasteiger partial charge on any atom is 0.212 e. The van der Waals surface area contributed by atoms with Gasteiger partial charge in [0.1, 0.15) is 5.82 Å². The molecular weight excluding hydrogens is 202 g/mol. The summed E-state index contributed by atoms with van der Waals surface area (Å²) in [5, 5.41) is 4.33. The van der Waals surface area contributed by atoms with Crippen LogP contribution in [0.3, 0.4) is 0 Å². The molecule has 1 rings (SSSR count). The lowest BCUT2D eigenvalue weighted by Crippen LogP contribution is -2.28. The second-order valence-electron chi connectivity index (χ2n) is 3.28. The summed E-state index contributed by atoms with van der Waals surface area (Å²) < 4.78 is 21.8. The Bertz CT molecular complexity index is 399. The zero-order chi connectivity index (χ0) is 10.8. The van der Waals surface area contributed by atoms with Crippen LogP contribution >= 0.6 is 0 Å². The van der Waals surface area contributed by atoms with Crippen molar-refractivity contribution in [3.05, 3.63) is 23.8 Å². The summed E-state index contributed by atoms with van der Waals surface area (Å²) in [7, 11) is -3.49. The van der Waals surface area contributed by atoms with Gasteiger partial charge in [-0.05, 0) is 19.4 Å². The molecule has 0 bridgehead atoms. The number of primary sulfonamides is 1. The highest BCUT2D eigenvalue weighted by Gasteiger charge is 2.17. The molecule has 0 saturated carbocycles. The smallest absolute Gasteiger partial charge is 0.212 e. The van der Waals surface area contributed by atoms with Crippen molar-refractivity contribution in [1.29, 1.82) is 0 Å². The molecule has 0 aliphatic rings. The second-order valence-corrected chi connectivity index (χ2v) is 5.26. The molecule has 1 aromatic heterocycles. The highest BCUT2D eigenvalue weighted by Crippen LogP contribution is 2.03. The van der Waals surface area contributed by atoms with Crippen LogP contribution in [0.5, 0.6) is 0 Å². The summed E-state index contributed by atoms with van der Waals surface area (Å²) in [6, 6.07) is 0. The Morgan fingerprint density at radius 3 is 2.36 bits per heavy atom. The summed E-state index contributed by atoms with van der Waals surface area (Å²) in [4.78, 5) is 8.00. The van der Waals surface area contributed by atoms with Gasteiger partial charge in [0.25, 0.3) is 0 Å². The maximum atomic E-state index is 10.9. The van der Waals surface area contributed by atoms with E-state index in [2.05, 4.69) is 9.97 Å². The number of nitrogens with two attached hydrogens (primary N) is 1. The van der Waals surface area contributed by atoms with E-state index in [0.29, 0.717) is 5.82 Å². The lowest BCUT2D eigenvalue weighted by Gasteiger charge is -2.06. The topological polar surface area (TPSA) is 85.9 Å². The van der Waals surface area contributed by atoms with E-state index in [-0.39, 0.29) is 6.42 Å². The first kappa shape index (κ1) is 11.1. The Kier molecular flexibility index (Phi) is 3.17. The lowest BCUT2D eigenvalue weighted by atomic mass is 10.3. The quantitative estimate of drug-likeness (QED) is 0.769. The van der Waals surface area contributed by atoms with E-state index < -0.39 is 15.3 Å². The fourth-order valence-electron chi connectivity index (χ4n) is 0.898. The third-order valence-electron chi connectivity index (χ3n) is 1.87. The molecule has 1 heterocycles. The van der Waals surface area contributed by atoms with Crippen molar-refractivity contribution in [3.8, 4) is 0 Å². The van der Waals surface area contributed by atoms with E-state index >= 15 is 0 Å². The molecule has 1 atom stereocenters. The van der Waals surface area contributed by atoms with E-state index in [4.69, 9.17) is 5.14 Å². The van der Waals surface area contributed by atoms with Crippen LogP contribution in [0.15, 0.2) is 12.4 Å². The van der Waals surface area contributed by atoms with Crippen LogP contribution in [-0.2, 0) is 16.4 Å². The minimum absolute atomic E-state index is 0.249. The SMILES string of the molecule is Cc1cnc(C[C@H](C)S(N)(=O)=O)nc1. The molecule has 0 saturated heterocycles. The van der Waals surface area contributed by atoms with Crippen molar-refractivity contribution in [1.82, 2.24) is 9.97 Å². The normalized spacial score (nSPS) is 13.9. The number of aryl methyl sites for hydroxylation is 1. The van der Waals surface area contributed by atoms with Crippen LogP contribution in [0.25, 0.3) is 0 Å². The van der Waals surface area contributed by atoms with Crippen molar-refractivity contribution in [2.45, 2.75) is 25.5 Å². The summed E-state index contributed by atoms with van der Waals surface area (Å²) in [6.45, 7) is 3.41. The van der Waals surface area contributed by atoms with Gasteiger partial charge in [-0.1, -0.05) is 0 Å². The summed E-state index contributed by atoms with van der Waals surface area (Å²) in [5.41, 5.74) is 0.942. The van der Waals surface area contributed by atoms with Crippen molar-refractivity contribution >= 4 is 10.0 Å². The molecule has 0 fully saturated rings. The molecule has 14 heavy (non-hydrogen) atoms. The molecule has 0 aliphatic heterocycles. The average Bonchev–Trinajstić information content (AvgIpc) is 2.07. The highest BCUT2D eigenvalue weighted by molar-refractivity contribution is 7.89. The van der Waals surface area contributed by atoms with Crippen LogP contribution in [0, 0.1) is 6.92 Å². The van der Waals surface area contributed by atoms with Gasteiger partial charge in [-0.15, -0.1) is 0 Å². The average molecular weight is 215 g/mol. The predicted molar refractivity (Wildman–Crippen MR) is 53.0 cm³/mol. The van der Waals surface area contributed by atoms with Crippen molar-refractivity contribution in [2.24, 2.45) is 5.14 Å². The summed E-state index contributed by atoms with van der Waals surface area (Å²) in [6.07, 6.45) is 3.55. The van der Waals surface area contributed by atoms with Gasteiger partial charge in [0.15, 0.2) is 0 Å². The standard InChI is InChI=1S/C8H13N3O2S/c1-6-4-10-8(11-5-6)3-7(2)14(9,12)13/h4-5,7H,3H2,1-2H3,(H2,9,12,13)/t7-/m0/s1. The molecule has 6 heteroatoms. The first-order valence-corrected chi connectivity index (χ1v) is 5.79. The van der Waals surface area contributed by atoms with Gasteiger partial charge in [-0.2, -0.15) is 0 Å². The van der Waals surface area contributed by atoms with E-state index in [1.807, 2.05) is 6.92 Å². The largest absolute Gasteiger partial charge is 0.241 e. The molecule has 0 aliphatic carbocycles. The molecule has 0 radical (unpaired) electrons. The lowest BCUT2D eigenvalue weighted by molar-refractivity contribution is 0.582. The minimum Gasteiger partial charge on any atom is -0.241 e.